The minimum atomic E-state index is -0.237. The van der Waals surface area contributed by atoms with Crippen LogP contribution in [0.1, 0.15) is 17.5 Å². The van der Waals surface area contributed by atoms with E-state index in [0.29, 0.717) is 0 Å². The molecule has 90 valence electrons. The summed E-state index contributed by atoms with van der Waals surface area (Å²) in [5.74, 6) is -0.237. The number of nitrogens with zero attached hydrogens (tertiary/aromatic N) is 2. The van der Waals surface area contributed by atoms with Crippen molar-refractivity contribution in [2.24, 2.45) is 0 Å². The lowest BCUT2D eigenvalue weighted by molar-refractivity contribution is 0.288. The lowest BCUT2D eigenvalue weighted by Gasteiger charge is -2.05. The molecule has 2 rings (SSSR count). The van der Waals surface area contributed by atoms with Gasteiger partial charge in [-0.2, -0.15) is 5.10 Å². The number of hydrogen-bond donors (Lipinski definition) is 1. The molecule has 0 saturated heterocycles. The molecule has 0 amide bonds. The summed E-state index contributed by atoms with van der Waals surface area (Å²) in [6.07, 6.45) is 5.22. The van der Waals surface area contributed by atoms with Gasteiger partial charge in [-0.05, 0) is 49.1 Å². The van der Waals surface area contributed by atoms with Crippen LogP contribution in [0.2, 0.25) is 0 Å². The van der Waals surface area contributed by atoms with Crippen molar-refractivity contribution in [3.63, 3.8) is 0 Å². The quantitative estimate of drug-likeness (QED) is 0.881. The van der Waals surface area contributed by atoms with Crippen molar-refractivity contribution in [2.75, 3.05) is 6.61 Å². The van der Waals surface area contributed by atoms with Crippen LogP contribution in [-0.2, 0) is 6.42 Å². The largest absolute Gasteiger partial charge is 0.396 e. The van der Waals surface area contributed by atoms with Gasteiger partial charge in [0.2, 0.25) is 0 Å². The Labute approximate surface area is 99.5 Å². The monoisotopic (exact) mass is 234 g/mol. The zero-order valence-corrected chi connectivity index (χ0v) is 9.73. The van der Waals surface area contributed by atoms with E-state index in [1.807, 2.05) is 13.1 Å². The first kappa shape index (κ1) is 11.8. The summed E-state index contributed by atoms with van der Waals surface area (Å²) in [5, 5.41) is 13.0. The number of aromatic nitrogens is 2. The van der Waals surface area contributed by atoms with E-state index in [1.165, 1.54) is 12.1 Å². The number of hydrogen-bond acceptors (Lipinski definition) is 2. The highest BCUT2D eigenvalue weighted by molar-refractivity contribution is 5.40. The van der Waals surface area contributed by atoms with Gasteiger partial charge in [-0.1, -0.05) is 0 Å². The maximum atomic E-state index is 13.0. The molecule has 1 aromatic heterocycles. The topological polar surface area (TPSA) is 38.0 Å². The molecule has 0 aliphatic carbocycles. The Morgan fingerprint density at radius 3 is 2.94 bits per heavy atom. The zero-order valence-electron chi connectivity index (χ0n) is 9.73. The highest BCUT2D eigenvalue weighted by Crippen LogP contribution is 2.15. The maximum Gasteiger partial charge on any atom is 0.123 e. The standard InChI is InChI=1S/C13H15FN2O/c1-10-7-12(14)4-5-13(10)16-9-11(8-15-16)3-2-6-17/h4-5,7-9,17H,2-3,6H2,1H3. The van der Waals surface area contributed by atoms with E-state index in [-0.39, 0.29) is 12.4 Å². The second-order valence-corrected chi connectivity index (χ2v) is 4.05. The molecule has 0 aliphatic rings. The first-order valence-corrected chi connectivity index (χ1v) is 5.61. The molecule has 2 aromatic rings. The van der Waals surface area contributed by atoms with E-state index in [2.05, 4.69) is 5.10 Å². The summed E-state index contributed by atoms with van der Waals surface area (Å²) in [6, 6.07) is 4.63. The third-order valence-corrected chi connectivity index (χ3v) is 2.67. The van der Waals surface area contributed by atoms with Gasteiger partial charge in [-0.3, -0.25) is 0 Å². The number of rotatable bonds is 4. The molecule has 0 saturated carbocycles. The molecule has 17 heavy (non-hydrogen) atoms. The van der Waals surface area contributed by atoms with Crippen molar-refractivity contribution in [1.29, 1.82) is 0 Å². The van der Waals surface area contributed by atoms with Crippen molar-refractivity contribution in [2.45, 2.75) is 19.8 Å². The van der Waals surface area contributed by atoms with E-state index in [0.717, 1.165) is 29.7 Å². The molecule has 0 aliphatic heterocycles. The Morgan fingerprint density at radius 2 is 2.24 bits per heavy atom. The fourth-order valence-electron chi connectivity index (χ4n) is 1.78. The van der Waals surface area contributed by atoms with Crippen LogP contribution in [0.3, 0.4) is 0 Å². The van der Waals surface area contributed by atoms with E-state index >= 15 is 0 Å². The van der Waals surface area contributed by atoms with Gasteiger partial charge in [0, 0.05) is 12.8 Å². The van der Waals surface area contributed by atoms with Crippen molar-refractivity contribution < 1.29 is 9.50 Å². The van der Waals surface area contributed by atoms with Gasteiger partial charge in [-0.15, -0.1) is 0 Å². The van der Waals surface area contributed by atoms with Gasteiger partial charge in [0.25, 0.3) is 0 Å². The first-order chi connectivity index (χ1) is 8.20. The zero-order chi connectivity index (χ0) is 12.3. The molecule has 4 heteroatoms. The highest BCUT2D eigenvalue weighted by Gasteiger charge is 2.04. The summed E-state index contributed by atoms with van der Waals surface area (Å²) >= 11 is 0. The van der Waals surface area contributed by atoms with Gasteiger partial charge in [-0.25, -0.2) is 9.07 Å². The molecular formula is C13H15FN2O. The summed E-state index contributed by atoms with van der Waals surface area (Å²) in [7, 11) is 0. The molecule has 1 heterocycles. The molecule has 0 fully saturated rings. The number of aryl methyl sites for hydroxylation is 2. The summed E-state index contributed by atoms with van der Waals surface area (Å²) < 4.78 is 14.7. The third-order valence-electron chi connectivity index (χ3n) is 2.67. The van der Waals surface area contributed by atoms with Crippen LogP contribution in [0.25, 0.3) is 5.69 Å². The van der Waals surface area contributed by atoms with E-state index in [1.54, 1.807) is 16.9 Å². The van der Waals surface area contributed by atoms with Crippen LogP contribution < -0.4 is 0 Å². The summed E-state index contributed by atoms with van der Waals surface area (Å²) in [5.41, 5.74) is 2.80. The highest BCUT2D eigenvalue weighted by atomic mass is 19.1. The molecule has 1 aromatic carbocycles. The summed E-state index contributed by atoms with van der Waals surface area (Å²) in [4.78, 5) is 0. The van der Waals surface area contributed by atoms with Crippen LogP contribution in [-0.4, -0.2) is 21.5 Å². The second-order valence-electron chi connectivity index (χ2n) is 4.05. The molecular weight excluding hydrogens is 219 g/mol. The van der Waals surface area contributed by atoms with Crippen molar-refractivity contribution in [1.82, 2.24) is 9.78 Å². The van der Waals surface area contributed by atoms with Crippen molar-refractivity contribution in [3.05, 3.63) is 47.5 Å². The smallest absolute Gasteiger partial charge is 0.123 e. The Balaban J connectivity index is 2.24. The number of aliphatic hydroxyl groups excluding tert-OH is 1. The Bertz CT molecular complexity index is 508. The number of benzene rings is 1. The van der Waals surface area contributed by atoms with Gasteiger partial charge in [0.05, 0.1) is 11.9 Å². The molecule has 0 atom stereocenters. The lowest BCUT2D eigenvalue weighted by atomic mass is 10.2. The van der Waals surface area contributed by atoms with Crippen LogP contribution in [0.15, 0.2) is 30.6 Å². The molecule has 0 spiro atoms. The van der Waals surface area contributed by atoms with E-state index < -0.39 is 0 Å². The Morgan fingerprint density at radius 1 is 1.41 bits per heavy atom. The summed E-state index contributed by atoms with van der Waals surface area (Å²) in [6.45, 7) is 2.04. The first-order valence-electron chi connectivity index (χ1n) is 5.61. The predicted molar refractivity (Wildman–Crippen MR) is 63.7 cm³/mol. The number of aliphatic hydroxyl groups is 1. The Kier molecular flexibility index (Phi) is 3.54. The molecule has 3 nitrogen and oxygen atoms in total. The van der Waals surface area contributed by atoms with Gasteiger partial charge >= 0.3 is 0 Å². The fourth-order valence-corrected chi connectivity index (χ4v) is 1.78. The van der Waals surface area contributed by atoms with E-state index in [9.17, 15) is 4.39 Å². The van der Waals surface area contributed by atoms with Crippen LogP contribution in [0, 0.1) is 12.7 Å². The van der Waals surface area contributed by atoms with Gasteiger partial charge in [0.15, 0.2) is 0 Å². The van der Waals surface area contributed by atoms with Crippen molar-refractivity contribution >= 4 is 0 Å². The molecule has 0 radical (unpaired) electrons. The molecule has 0 bridgehead atoms. The van der Waals surface area contributed by atoms with E-state index in [4.69, 9.17) is 5.11 Å². The van der Waals surface area contributed by atoms with Gasteiger partial charge < -0.3 is 5.11 Å². The van der Waals surface area contributed by atoms with Crippen LogP contribution in [0.5, 0.6) is 0 Å². The molecule has 0 unspecified atom stereocenters. The third kappa shape index (κ3) is 2.71. The predicted octanol–water partition coefficient (Wildman–Crippen LogP) is 2.24. The van der Waals surface area contributed by atoms with Crippen LogP contribution in [0.4, 0.5) is 4.39 Å². The maximum absolute atomic E-state index is 13.0. The average molecular weight is 234 g/mol. The molecule has 1 N–H and O–H groups in total. The van der Waals surface area contributed by atoms with Crippen LogP contribution >= 0.6 is 0 Å². The lowest BCUT2D eigenvalue weighted by Crippen LogP contribution is -1.97. The second kappa shape index (κ2) is 5.10. The SMILES string of the molecule is Cc1cc(F)ccc1-n1cc(CCCO)cn1. The minimum absolute atomic E-state index is 0.181. The van der Waals surface area contributed by atoms with Gasteiger partial charge in [0.1, 0.15) is 5.82 Å². The van der Waals surface area contributed by atoms with Crippen molar-refractivity contribution in [3.8, 4) is 5.69 Å². The number of halogens is 1. The minimum Gasteiger partial charge on any atom is -0.396 e. The Hall–Kier alpha value is -1.68. The fraction of sp³-hybridized carbons (Fsp3) is 0.308. The average Bonchev–Trinajstić information content (AvgIpc) is 2.75. The normalized spacial score (nSPS) is 10.8.